The van der Waals surface area contributed by atoms with Gasteiger partial charge in [0.2, 0.25) is 0 Å². The first-order valence-corrected chi connectivity index (χ1v) is 23.9. The van der Waals surface area contributed by atoms with Crippen LogP contribution in [0.5, 0.6) is 0 Å². The Bertz CT molecular complexity index is 2870. The number of pyridine rings is 1. The third kappa shape index (κ3) is 9.30. The highest BCUT2D eigenvalue weighted by atomic mass is 35.5. The summed E-state index contributed by atoms with van der Waals surface area (Å²) in [6.45, 7) is 11.2. The molecule has 2 aliphatic carbocycles. The Kier molecular flexibility index (Phi) is 11.9. The number of nitrogens with one attached hydrogen (secondary N) is 3. The lowest BCUT2D eigenvalue weighted by Gasteiger charge is -2.39. The topological polar surface area (TPSA) is 178 Å². The van der Waals surface area contributed by atoms with E-state index in [0.717, 1.165) is 80.9 Å². The van der Waals surface area contributed by atoms with Crippen molar-refractivity contribution in [3.63, 3.8) is 0 Å². The number of nitroso groups, excluding NO2 is 1. The van der Waals surface area contributed by atoms with Crippen molar-refractivity contribution in [2.24, 2.45) is 16.5 Å². The smallest absolute Gasteiger partial charge is 0.267 e. The summed E-state index contributed by atoms with van der Waals surface area (Å²) in [6.07, 6.45) is 9.68. The maximum absolute atomic E-state index is 14.2. The summed E-state index contributed by atoms with van der Waals surface area (Å²) in [6, 6.07) is 21.5. The van der Waals surface area contributed by atoms with Gasteiger partial charge in [-0.15, -0.1) is 4.91 Å². The summed E-state index contributed by atoms with van der Waals surface area (Å²) in [4.78, 5) is 39.8. The van der Waals surface area contributed by atoms with Crippen LogP contribution >= 0.6 is 11.6 Å². The first-order valence-electron chi connectivity index (χ1n) is 22.0. The Morgan fingerprint density at radius 3 is 2.48 bits per heavy atom. The molecule has 64 heavy (non-hydrogen) atoms. The molecule has 0 radical (unpaired) electrons. The molecule has 6 aromatic rings. The number of amides is 1. The maximum Gasteiger partial charge on any atom is 0.267 e. The Morgan fingerprint density at radius 2 is 1.73 bits per heavy atom. The van der Waals surface area contributed by atoms with Crippen molar-refractivity contribution in [1.29, 1.82) is 0 Å². The number of halogens is 1. The molecule has 3 aromatic heterocycles. The molecule has 1 amide bonds. The lowest BCUT2D eigenvalue weighted by Crippen LogP contribution is -2.47. The molecule has 3 aliphatic rings. The van der Waals surface area contributed by atoms with Crippen molar-refractivity contribution in [3.8, 4) is 5.69 Å². The molecule has 16 heteroatoms. The minimum absolute atomic E-state index is 0.0843. The molecule has 1 saturated heterocycles. The second-order valence-corrected chi connectivity index (χ2v) is 20.9. The van der Waals surface area contributed by atoms with Gasteiger partial charge in [-0.3, -0.25) is 19.5 Å². The van der Waals surface area contributed by atoms with Gasteiger partial charge in [-0.25, -0.2) is 23.1 Å². The van der Waals surface area contributed by atoms with Crippen LogP contribution in [-0.4, -0.2) is 88.9 Å². The van der Waals surface area contributed by atoms with Gasteiger partial charge in [0.1, 0.15) is 11.2 Å². The molecule has 4 N–H and O–H groups in total. The number of anilines is 2. The molecule has 0 unspecified atom stereocenters. The molecule has 9 rings (SSSR count). The fourth-order valence-electron chi connectivity index (χ4n) is 9.50. The van der Waals surface area contributed by atoms with Crippen LogP contribution in [0, 0.1) is 16.2 Å². The summed E-state index contributed by atoms with van der Waals surface area (Å²) >= 11 is 6.26. The van der Waals surface area contributed by atoms with Gasteiger partial charge in [-0.2, -0.15) is 0 Å². The molecule has 0 spiro atoms. The number of carbonyl (C=O) groups is 1. The number of fused-ring (bicyclic) bond motifs is 2. The number of hydrogen-bond donors (Lipinski definition) is 4. The van der Waals surface area contributed by atoms with Crippen molar-refractivity contribution in [2.75, 3.05) is 49.5 Å². The zero-order chi connectivity index (χ0) is 44.8. The molecule has 14 nitrogen and oxygen atoms in total. The van der Waals surface area contributed by atoms with Gasteiger partial charge in [0.05, 0.1) is 33.0 Å². The predicted octanol–water partition coefficient (Wildman–Crippen LogP) is 9.21. The van der Waals surface area contributed by atoms with E-state index in [1.54, 1.807) is 23.1 Å². The third-order valence-corrected chi connectivity index (χ3v) is 15.0. The second-order valence-electron chi connectivity index (χ2n) is 18.8. The zero-order valence-electron chi connectivity index (χ0n) is 36.4. The summed E-state index contributed by atoms with van der Waals surface area (Å²) < 4.78 is 31.7. The summed E-state index contributed by atoms with van der Waals surface area (Å²) in [5.74, 6) is -0.556. The number of aromatic nitrogens is 4. The highest BCUT2D eigenvalue weighted by Gasteiger charge is 2.31. The maximum atomic E-state index is 14.2. The molecular formula is C48H54ClN9O5S. The monoisotopic (exact) mass is 903 g/mol. The van der Waals surface area contributed by atoms with E-state index in [-0.39, 0.29) is 27.5 Å². The van der Waals surface area contributed by atoms with Crippen molar-refractivity contribution < 1.29 is 18.3 Å². The van der Waals surface area contributed by atoms with E-state index in [1.165, 1.54) is 34.9 Å². The first kappa shape index (κ1) is 43.6. The van der Waals surface area contributed by atoms with Gasteiger partial charge >= 0.3 is 0 Å². The number of allylic oxidation sites excluding steroid dienone is 1. The molecule has 2 fully saturated rings. The number of H-pyrrole nitrogens is 1. The van der Waals surface area contributed by atoms with Crippen LogP contribution in [0.25, 0.3) is 33.3 Å². The van der Waals surface area contributed by atoms with E-state index in [0.29, 0.717) is 47.4 Å². The number of rotatable bonds is 12. The van der Waals surface area contributed by atoms with Gasteiger partial charge in [-0.05, 0) is 140 Å². The Labute approximate surface area is 378 Å². The average molecular weight is 905 g/mol. The number of sulfonamides is 1. The van der Waals surface area contributed by atoms with Gasteiger partial charge in [0, 0.05) is 67.8 Å². The van der Waals surface area contributed by atoms with Gasteiger partial charge in [0.15, 0.2) is 5.65 Å². The Hall–Kier alpha value is -5.61. The van der Waals surface area contributed by atoms with Crippen LogP contribution in [0.4, 0.5) is 17.1 Å². The fourth-order valence-corrected chi connectivity index (χ4v) is 10.6. The fraction of sp³-hybridized carbons (Fsp3) is 0.396. The number of nitrogens with zero attached hydrogens (tertiary/aromatic N) is 6. The molecule has 1 aliphatic heterocycles. The van der Waals surface area contributed by atoms with E-state index >= 15 is 0 Å². The van der Waals surface area contributed by atoms with Gasteiger partial charge in [0.25, 0.3) is 15.9 Å². The van der Waals surface area contributed by atoms with E-state index in [4.69, 9.17) is 16.6 Å². The number of hydrogen-bond acceptors (Lipinski definition) is 11. The standard InChI is InChI=1S/C48H54ClN9O5S/c1-47(2)16-14-34(39(27-47)32-4-6-35(49)7-5-32)30-56-20-22-57(23-21-56)36-8-10-38(43(25-36)58-44-24-33-15-19-50-45(33)53-42(44)29-52-58)46(59)55-64(62,63)37-9-11-40(41(26-37)54-61)51-28-31-12-17-48(3,60)18-13-31/h4-11,15,19,24-26,29,31,51-52,60H,12-14,16-18,20-23,27-28,30H2,1-3H3,(H,55,59). The number of aromatic amines is 1. The van der Waals surface area contributed by atoms with Gasteiger partial charge in [-0.1, -0.05) is 43.2 Å². The molecule has 0 atom stereocenters. The predicted molar refractivity (Wildman–Crippen MR) is 253 cm³/mol. The van der Waals surface area contributed by atoms with Crippen LogP contribution < -0.4 is 14.9 Å². The van der Waals surface area contributed by atoms with Crippen LogP contribution in [-0.2, 0) is 10.0 Å². The Balaban J connectivity index is 0.957. The number of aliphatic hydroxyl groups is 1. The Morgan fingerprint density at radius 1 is 0.969 bits per heavy atom. The van der Waals surface area contributed by atoms with E-state index < -0.39 is 21.5 Å². The number of benzene rings is 3. The number of carbonyl (C=O) groups excluding carboxylic acids is 1. The van der Waals surface area contributed by atoms with Crippen molar-refractivity contribution in [1.82, 2.24) is 29.4 Å². The minimum Gasteiger partial charge on any atom is -0.390 e. The lowest BCUT2D eigenvalue weighted by atomic mass is 9.72. The zero-order valence-corrected chi connectivity index (χ0v) is 38.0. The first-order chi connectivity index (χ1) is 30.6. The summed E-state index contributed by atoms with van der Waals surface area (Å²) in [7, 11) is -4.45. The van der Waals surface area contributed by atoms with Crippen LogP contribution in [0.3, 0.4) is 0 Å². The molecule has 334 valence electrons. The third-order valence-electron chi connectivity index (χ3n) is 13.4. The van der Waals surface area contributed by atoms with Gasteiger partial charge < -0.3 is 15.3 Å². The molecular weight excluding hydrogens is 850 g/mol. The summed E-state index contributed by atoms with van der Waals surface area (Å²) in [5.41, 5.74) is 7.36. The van der Waals surface area contributed by atoms with Crippen LogP contribution in [0.15, 0.2) is 101 Å². The average Bonchev–Trinajstić information content (AvgIpc) is 3.92. The largest absolute Gasteiger partial charge is 0.390 e. The summed E-state index contributed by atoms with van der Waals surface area (Å²) in [5, 5.41) is 21.5. The molecule has 0 bridgehead atoms. The lowest BCUT2D eigenvalue weighted by molar-refractivity contribution is 0.00976. The van der Waals surface area contributed by atoms with E-state index in [2.05, 4.69) is 61.1 Å². The quantitative estimate of drug-likeness (QED) is 0.0866. The SMILES string of the molecule is CC1(C)CCC(CN2CCN(c3ccc(C(=O)NS(=O)(=O)c4ccc(NCC5CCC(C)(O)CC5)c(N=O)c4)c(-n4[nH]cc5nc6nccc6cc54)c3)CC2)=C(c2ccc(Cl)cc2)C1. The van der Waals surface area contributed by atoms with Crippen molar-refractivity contribution in [2.45, 2.75) is 76.2 Å². The molecule has 4 heterocycles. The normalized spacial score (nSPS) is 20.8. The second kappa shape index (κ2) is 17.4. The van der Waals surface area contributed by atoms with E-state index in [9.17, 15) is 23.2 Å². The minimum atomic E-state index is -4.45. The van der Waals surface area contributed by atoms with E-state index in [1.807, 2.05) is 43.3 Å². The van der Waals surface area contributed by atoms with Crippen molar-refractivity contribution in [3.05, 3.63) is 112 Å². The van der Waals surface area contributed by atoms with Crippen LogP contribution in [0.2, 0.25) is 5.02 Å². The molecule has 1 saturated carbocycles. The van der Waals surface area contributed by atoms with Crippen molar-refractivity contribution >= 4 is 72.2 Å². The highest BCUT2D eigenvalue weighted by Crippen LogP contribution is 2.43. The molecule has 3 aromatic carbocycles. The van der Waals surface area contributed by atoms with Crippen LogP contribution in [0.1, 0.15) is 81.6 Å². The highest BCUT2D eigenvalue weighted by molar-refractivity contribution is 7.90. The number of piperazine rings is 1.